The van der Waals surface area contributed by atoms with E-state index < -0.39 is 17.9 Å². The van der Waals surface area contributed by atoms with Gasteiger partial charge in [-0.1, -0.05) is 6.92 Å². The van der Waals surface area contributed by atoms with Crippen molar-refractivity contribution in [2.45, 2.75) is 27.7 Å². The molecular formula is C10H21N2Na3O7. The molecule has 0 bridgehead atoms. The van der Waals surface area contributed by atoms with Gasteiger partial charge in [0.05, 0.1) is 0 Å². The number of hydrogen-bond donors (Lipinski definition) is 2. The molecule has 0 atom stereocenters. The Balaban J connectivity index is -0.0000000270. The van der Waals surface area contributed by atoms with Crippen molar-refractivity contribution < 1.29 is 124 Å². The van der Waals surface area contributed by atoms with Gasteiger partial charge in [0.25, 0.3) is 0 Å². The monoisotopic (exact) mass is 350 g/mol. The molecule has 0 radical (unpaired) electrons. The molecule has 116 valence electrons. The molecule has 0 unspecified atom stereocenters. The Kier molecular flexibility index (Phi) is 75.5. The molecular weight excluding hydrogens is 329 g/mol. The number of carbonyl (C=O) groups is 3. The van der Waals surface area contributed by atoms with Gasteiger partial charge in [-0.15, -0.1) is 0 Å². The van der Waals surface area contributed by atoms with E-state index in [1.54, 1.807) is 0 Å². The molecule has 0 rings (SSSR count). The van der Waals surface area contributed by atoms with Gasteiger partial charge in [-0.05, 0) is 20.8 Å². The van der Waals surface area contributed by atoms with E-state index in [0.717, 1.165) is 20.8 Å². The van der Waals surface area contributed by atoms with Crippen LogP contribution in [0, 0.1) is 0 Å². The third-order valence-corrected chi connectivity index (χ3v) is 0.752. The third kappa shape index (κ3) is 222. The van der Waals surface area contributed by atoms with Crippen LogP contribution in [0.3, 0.4) is 0 Å². The number of nitrogens with zero attached hydrogens (tertiary/aromatic N) is 1. The normalized spacial score (nSPS) is 6.68. The Bertz CT molecular complexity index is 206. The first kappa shape index (κ1) is 43.6. The Morgan fingerprint density at radius 1 is 0.909 bits per heavy atom. The second-order valence-electron chi connectivity index (χ2n) is 2.81. The number of carboxylic acids is 3. The summed E-state index contributed by atoms with van der Waals surface area (Å²) in [4.78, 5) is 26.7. The van der Waals surface area contributed by atoms with Crippen molar-refractivity contribution >= 4 is 17.9 Å². The van der Waals surface area contributed by atoms with Crippen molar-refractivity contribution in [3.63, 3.8) is 0 Å². The molecule has 0 aliphatic heterocycles. The zero-order chi connectivity index (χ0) is 16.4. The Labute approximate surface area is 197 Å². The Hall–Kier alpha value is 1.29. The molecule has 12 heteroatoms. The minimum atomic E-state index is -1.08. The van der Waals surface area contributed by atoms with Gasteiger partial charge in [-0.3, -0.25) is 0 Å². The topological polar surface area (TPSA) is 170 Å². The Morgan fingerprint density at radius 3 is 1.14 bits per heavy atom. The van der Waals surface area contributed by atoms with Crippen LogP contribution >= 0.6 is 0 Å². The van der Waals surface area contributed by atoms with E-state index >= 15 is 0 Å². The summed E-state index contributed by atoms with van der Waals surface area (Å²) in [6.07, 6.45) is 0. The summed E-state index contributed by atoms with van der Waals surface area (Å²) in [7, 11) is 0. The fraction of sp³-hybridized carbons (Fsp3) is 0.700. The molecule has 0 spiro atoms. The van der Waals surface area contributed by atoms with Crippen LogP contribution in [0.25, 0.3) is 0 Å². The molecule has 0 fully saturated rings. The molecule has 3 N–H and O–H groups in total. The second kappa shape index (κ2) is 38.1. The number of aliphatic carboxylic acids is 3. The molecule has 0 saturated carbocycles. The first-order valence-electron chi connectivity index (χ1n) is 5.17. The zero-order valence-corrected chi connectivity index (χ0v) is 20.5. The van der Waals surface area contributed by atoms with Crippen molar-refractivity contribution in [1.29, 1.82) is 0 Å². The van der Waals surface area contributed by atoms with E-state index in [0.29, 0.717) is 19.6 Å². The van der Waals surface area contributed by atoms with E-state index in [4.69, 9.17) is 40.6 Å². The van der Waals surface area contributed by atoms with Crippen LogP contribution in [0.15, 0.2) is 0 Å². The summed E-state index contributed by atoms with van der Waals surface area (Å²) in [6.45, 7) is 6.52. The van der Waals surface area contributed by atoms with Gasteiger partial charge in [-0.2, -0.15) is 5.06 Å². The van der Waals surface area contributed by atoms with Gasteiger partial charge in [-0.25, -0.2) is 0 Å². The molecule has 0 heterocycles. The Morgan fingerprint density at radius 2 is 1.09 bits per heavy atom. The van der Waals surface area contributed by atoms with Crippen molar-refractivity contribution in [3.05, 3.63) is 0 Å². The van der Waals surface area contributed by atoms with Crippen LogP contribution in [0.4, 0.5) is 0 Å². The summed E-state index contributed by atoms with van der Waals surface area (Å²) in [5, 5.41) is 36.5. The number of carboxylic acid groups (broad SMARTS) is 3. The molecule has 0 amide bonds. The molecule has 0 saturated heterocycles. The average Bonchev–Trinajstić information content (AvgIpc) is 2.15. The molecule has 0 aromatic heterocycles. The predicted octanol–water partition coefficient (Wildman–Crippen LogP) is -13.1. The van der Waals surface area contributed by atoms with Gasteiger partial charge in [0.2, 0.25) is 0 Å². The number of rotatable bonds is 3. The van der Waals surface area contributed by atoms with Crippen LogP contribution in [-0.4, -0.2) is 47.8 Å². The molecule has 22 heavy (non-hydrogen) atoms. The fourth-order valence-corrected chi connectivity index (χ4v) is 0.307. The number of hydroxylamine groups is 2. The quantitative estimate of drug-likeness (QED) is 0.370. The van der Waals surface area contributed by atoms with Crippen LogP contribution in [0.1, 0.15) is 27.7 Å². The fourth-order valence-electron chi connectivity index (χ4n) is 0.307. The SMILES string of the molecule is CC(=O)[O-].CC(=O)[O-].CC(=O)[O-].CCN(O)CCN.[Na+].[Na+].[Na+]. The maximum atomic E-state index is 8.89. The summed E-state index contributed by atoms with van der Waals surface area (Å²) in [5.74, 6) is -3.25. The predicted molar refractivity (Wildman–Crippen MR) is 60.1 cm³/mol. The first-order valence-corrected chi connectivity index (χ1v) is 5.17. The van der Waals surface area contributed by atoms with E-state index in [1.165, 1.54) is 5.06 Å². The maximum absolute atomic E-state index is 8.89. The van der Waals surface area contributed by atoms with E-state index in [2.05, 4.69) is 0 Å². The van der Waals surface area contributed by atoms with Gasteiger partial charge in [0, 0.05) is 37.5 Å². The number of nitrogens with two attached hydrogens (primary N) is 1. The largest absolute Gasteiger partial charge is 1.00 e. The number of hydrogen-bond acceptors (Lipinski definition) is 9. The molecule has 0 aromatic rings. The van der Waals surface area contributed by atoms with Crippen LogP contribution < -0.4 is 110 Å². The summed E-state index contributed by atoms with van der Waals surface area (Å²) in [5.41, 5.74) is 5.10. The summed E-state index contributed by atoms with van der Waals surface area (Å²) < 4.78 is 0. The van der Waals surface area contributed by atoms with Gasteiger partial charge in [0.15, 0.2) is 0 Å². The summed E-state index contributed by atoms with van der Waals surface area (Å²) >= 11 is 0. The zero-order valence-electron chi connectivity index (χ0n) is 14.5. The van der Waals surface area contributed by atoms with E-state index in [9.17, 15) is 0 Å². The standard InChI is InChI=1S/C4H12N2O.3C2H4O2.3Na/c1-2-6(7)4-3-5;3*1-2(3)4;;;/h7H,2-5H2,1H3;3*1H3,(H,3,4);;;/q;;;;3*+1/p-3. The maximum Gasteiger partial charge on any atom is 1.00 e. The van der Waals surface area contributed by atoms with Crippen molar-refractivity contribution in [2.24, 2.45) is 5.73 Å². The van der Waals surface area contributed by atoms with Gasteiger partial charge in [0.1, 0.15) is 0 Å². The van der Waals surface area contributed by atoms with Crippen LogP contribution in [-0.2, 0) is 14.4 Å². The molecule has 9 nitrogen and oxygen atoms in total. The minimum Gasteiger partial charge on any atom is -0.550 e. The third-order valence-electron chi connectivity index (χ3n) is 0.752. The second-order valence-corrected chi connectivity index (χ2v) is 2.81. The van der Waals surface area contributed by atoms with Crippen molar-refractivity contribution in [2.75, 3.05) is 19.6 Å². The van der Waals surface area contributed by atoms with Crippen molar-refractivity contribution in [1.82, 2.24) is 5.06 Å². The van der Waals surface area contributed by atoms with Gasteiger partial charge < -0.3 is 40.6 Å². The van der Waals surface area contributed by atoms with Crippen molar-refractivity contribution in [3.8, 4) is 0 Å². The van der Waals surface area contributed by atoms with Crippen LogP contribution in [0.5, 0.6) is 0 Å². The summed E-state index contributed by atoms with van der Waals surface area (Å²) in [6, 6.07) is 0. The van der Waals surface area contributed by atoms with Crippen LogP contribution in [0.2, 0.25) is 0 Å². The molecule has 0 aliphatic carbocycles. The van der Waals surface area contributed by atoms with E-state index in [1.807, 2.05) is 6.92 Å². The smallest absolute Gasteiger partial charge is 0.550 e. The first-order chi connectivity index (χ1) is 8.50. The number of likely N-dealkylation sites (N-methyl/N-ethyl adjacent to an activating group) is 1. The van der Waals surface area contributed by atoms with E-state index in [-0.39, 0.29) is 88.7 Å². The van der Waals surface area contributed by atoms with Gasteiger partial charge >= 0.3 is 88.7 Å². The average molecular weight is 350 g/mol. The number of carbonyl (C=O) groups excluding carboxylic acids is 3. The molecule has 0 aromatic carbocycles. The molecule has 0 aliphatic rings. The minimum absolute atomic E-state index is 0.